The van der Waals surface area contributed by atoms with Crippen molar-refractivity contribution in [1.29, 1.82) is 0 Å². The summed E-state index contributed by atoms with van der Waals surface area (Å²) in [5.41, 5.74) is 0.663. The number of hydrogen-bond donors (Lipinski definition) is 1. The second kappa shape index (κ2) is 4.37. The molecule has 0 unspecified atom stereocenters. The first-order valence-corrected chi connectivity index (χ1v) is 5.04. The number of hydrogen-bond acceptors (Lipinski definition) is 3. The molecule has 0 aliphatic rings. The summed E-state index contributed by atoms with van der Waals surface area (Å²) >= 11 is 0. The first-order valence-electron chi connectivity index (χ1n) is 5.04. The van der Waals surface area contributed by atoms with E-state index in [2.05, 4.69) is 0 Å². The van der Waals surface area contributed by atoms with Crippen molar-refractivity contribution < 1.29 is 9.84 Å². The third kappa shape index (κ3) is 1.79. The van der Waals surface area contributed by atoms with Gasteiger partial charge in [-0.25, -0.2) is 0 Å². The molecule has 2 rings (SSSR count). The van der Waals surface area contributed by atoms with Gasteiger partial charge in [0.25, 0.3) is 5.56 Å². The summed E-state index contributed by atoms with van der Waals surface area (Å²) in [5.74, 6) is 0.699. The first kappa shape index (κ1) is 10.7. The zero-order valence-corrected chi connectivity index (χ0v) is 9.01. The lowest BCUT2D eigenvalue weighted by Gasteiger charge is -2.09. The molecule has 1 aromatic heterocycles. The Hall–Kier alpha value is -1.81. The number of nitrogens with zero attached hydrogens (tertiary/aromatic N) is 1. The minimum absolute atomic E-state index is 0.0593. The number of methoxy groups -OCH3 is 1. The van der Waals surface area contributed by atoms with Gasteiger partial charge in [0.1, 0.15) is 5.75 Å². The Labute approximate surface area is 92.7 Å². The second-order valence-corrected chi connectivity index (χ2v) is 3.47. The Kier molecular flexibility index (Phi) is 2.92. The smallest absolute Gasteiger partial charge is 0.251 e. The van der Waals surface area contributed by atoms with Crippen molar-refractivity contribution in [3.05, 3.63) is 40.7 Å². The van der Waals surface area contributed by atoms with Crippen LogP contribution in [-0.2, 0) is 6.54 Å². The van der Waals surface area contributed by atoms with E-state index in [0.29, 0.717) is 12.3 Å². The largest absolute Gasteiger partial charge is 0.497 e. The summed E-state index contributed by atoms with van der Waals surface area (Å²) in [6.07, 6.45) is 0. The molecule has 1 aromatic carbocycles. The van der Waals surface area contributed by atoms with E-state index >= 15 is 0 Å². The fourth-order valence-corrected chi connectivity index (χ4v) is 1.73. The van der Waals surface area contributed by atoms with Crippen molar-refractivity contribution in [2.75, 3.05) is 13.7 Å². The maximum Gasteiger partial charge on any atom is 0.251 e. The van der Waals surface area contributed by atoms with E-state index in [1.165, 1.54) is 10.6 Å². The van der Waals surface area contributed by atoms with E-state index in [1.807, 2.05) is 12.1 Å². The third-order valence-corrected chi connectivity index (χ3v) is 2.52. The predicted molar refractivity (Wildman–Crippen MR) is 61.8 cm³/mol. The molecular formula is C12H13NO3. The highest BCUT2D eigenvalue weighted by Gasteiger charge is 2.03. The Bertz CT molecular complexity index is 560. The minimum atomic E-state index is -0.116. The maximum atomic E-state index is 11.6. The van der Waals surface area contributed by atoms with Gasteiger partial charge in [0.05, 0.1) is 19.2 Å². The predicted octanol–water partition coefficient (Wildman–Crippen LogP) is 1.00. The quantitative estimate of drug-likeness (QED) is 0.838. The summed E-state index contributed by atoms with van der Waals surface area (Å²) in [4.78, 5) is 11.6. The van der Waals surface area contributed by atoms with Gasteiger partial charge in [-0.3, -0.25) is 4.79 Å². The number of aromatic nitrogens is 1. The van der Waals surface area contributed by atoms with Gasteiger partial charge in [0, 0.05) is 18.7 Å². The zero-order chi connectivity index (χ0) is 11.5. The molecular weight excluding hydrogens is 206 g/mol. The lowest BCUT2D eigenvalue weighted by atomic mass is 10.2. The van der Waals surface area contributed by atoms with Gasteiger partial charge in [-0.1, -0.05) is 0 Å². The number of aliphatic hydroxyl groups excluding tert-OH is 1. The van der Waals surface area contributed by atoms with Crippen molar-refractivity contribution in [3.63, 3.8) is 0 Å². The van der Waals surface area contributed by atoms with Crippen LogP contribution in [0.25, 0.3) is 10.9 Å². The van der Waals surface area contributed by atoms with Crippen LogP contribution in [-0.4, -0.2) is 23.4 Å². The molecule has 2 aromatic rings. The Morgan fingerprint density at radius 2 is 2.06 bits per heavy atom. The second-order valence-electron chi connectivity index (χ2n) is 3.47. The van der Waals surface area contributed by atoms with Crippen LogP contribution >= 0.6 is 0 Å². The molecule has 0 amide bonds. The molecule has 0 spiro atoms. The number of fused-ring (bicyclic) bond motifs is 1. The van der Waals surface area contributed by atoms with Crippen molar-refractivity contribution in [3.8, 4) is 5.75 Å². The molecule has 0 aliphatic heterocycles. The average Bonchev–Trinajstić information content (AvgIpc) is 2.32. The number of ether oxygens (including phenoxy) is 1. The molecule has 1 heterocycles. The standard InChI is InChI=1S/C12H13NO3/c1-16-10-4-2-9-3-5-12(15)13(6-7-14)11(9)8-10/h2-5,8,14H,6-7H2,1H3. The van der Waals surface area contributed by atoms with E-state index in [-0.39, 0.29) is 12.2 Å². The molecule has 1 N–H and O–H groups in total. The van der Waals surface area contributed by atoms with Crippen LogP contribution in [0.1, 0.15) is 0 Å². The Balaban J connectivity index is 2.72. The van der Waals surface area contributed by atoms with Crippen LogP contribution in [0, 0.1) is 0 Å². The highest BCUT2D eigenvalue weighted by Crippen LogP contribution is 2.19. The molecule has 4 nitrogen and oxygen atoms in total. The number of aliphatic hydroxyl groups is 1. The molecule has 0 saturated heterocycles. The third-order valence-electron chi connectivity index (χ3n) is 2.52. The van der Waals surface area contributed by atoms with Gasteiger partial charge in [0.2, 0.25) is 0 Å². The van der Waals surface area contributed by atoms with Crippen LogP contribution in [0.4, 0.5) is 0 Å². The molecule has 16 heavy (non-hydrogen) atoms. The van der Waals surface area contributed by atoms with E-state index in [9.17, 15) is 4.79 Å². The van der Waals surface area contributed by atoms with Gasteiger partial charge in [0.15, 0.2) is 0 Å². The summed E-state index contributed by atoms with van der Waals surface area (Å²) in [7, 11) is 1.58. The highest BCUT2D eigenvalue weighted by molar-refractivity contribution is 5.80. The van der Waals surface area contributed by atoms with Crippen molar-refractivity contribution in [2.45, 2.75) is 6.54 Å². The van der Waals surface area contributed by atoms with Crippen molar-refractivity contribution in [1.82, 2.24) is 4.57 Å². The molecule has 0 fully saturated rings. The molecule has 4 heteroatoms. The maximum absolute atomic E-state index is 11.6. The van der Waals surface area contributed by atoms with Gasteiger partial charge >= 0.3 is 0 Å². The normalized spacial score (nSPS) is 10.6. The highest BCUT2D eigenvalue weighted by atomic mass is 16.5. The van der Waals surface area contributed by atoms with Gasteiger partial charge in [-0.15, -0.1) is 0 Å². The number of pyridine rings is 1. The monoisotopic (exact) mass is 219 g/mol. The van der Waals surface area contributed by atoms with Crippen LogP contribution in [0.5, 0.6) is 5.75 Å². The number of rotatable bonds is 3. The number of benzene rings is 1. The van der Waals surface area contributed by atoms with Crippen molar-refractivity contribution >= 4 is 10.9 Å². The van der Waals surface area contributed by atoms with E-state index in [0.717, 1.165) is 10.9 Å². The van der Waals surface area contributed by atoms with Gasteiger partial charge in [-0.05, 0) is 23.6 Å². The first-order chi connectivity index (χ1) is 7.76. The Morgan fingerprint density at radius 3 is 2.75 bits per heavy atom. The molecule has 84 valence electrons. The average molecular weight is 219 g/mol. The van der Waals surface area contributed by atoms with Crippen LogP contribution in [0.2, 0.25) is 0 Å². The summed E-state index contributed by atoms with van der Waals surface area (Å²) in [6.45, 7) is 0.236. The summed E-state index contributed by atoms with van der Waals surface area (Å²) in [5, 5.41) is 9.89. The van der Waals surface area contributed by atoms with Gasteiger partial charge < -0.3 is 14.4 Å². The Morgan fingerprint density at radius 1 is 1.31 bits per heavy atom. The summed E-state index contributed by atoms with van der Waals surface area (Å²) < 4.78 is 6.66. The van der Waals surface area contributed by atoms with E-state index in [4.69, 9.17) is 9.84 Å². The summed E-state index contributed by atoms with van der Waals surface area (Å²) in [6, 6.07) is 8.80. The van der Waals surface area contributed by atoms with E-state index in [1.54, 1.807) is 19.2 Å². The minimum Gasteiger partial charge on any atom is -0.497 e. The van der Waals surface area contributed by atoms with Crippen molar-refractivity contribution in [2.24, 2.45) is 0 Å². The van der Waals surface area contributed by atoms with Crippen LogP contribution in [0.15, 0.2) is 35.1 Å². The fourth-order valence-electron chi connectivity index (χ4n) is 1.73. The lowest BCUT2D eigenvalue weighted by Crippen LogP contribution is -2.20. The fraction of sp³-hybridized carbons (Fsp3) is 0.250. The van der Waals surface area contributed by atoms with E-state index < -0.39 is 0 Å². The lowest BCUT2D eigenvalue weighted by molar-refractivity contribution is 0.276. The SMILES string of the molecule is COc1ccc2ccc(=O)n(CCO)c2c1. The van der Waals surface area contributed by atoms with Crippen LogP contribution < -0.4 is 10.3 Å². The molecule has 0 radical (unpaired) electrons. The molecule has 0 bridgehead atoms. The molecule has 0 atom stereocenters. The topological polar surface area (TPSA) is 51.5 Å². The van der Waals surface area contributed by atoms with Gasteiger partial charge in [-0.2, -0.15) is 0 Å². The zero-order valence-electron chi connectivity index (χ0n) is 9.01. The molecule has 0 saturated carbocycles. The molecule has 0 aliphatic carbocycles. The van der Waals surface area contributed by atoms with Crippen LogP contribution in [0.3, 0.4) is 0 Å².